The summed E-state index contributed by atoms with van der Waals surface area (Å²) in [6, 6.07) is 4.98. The van der Waals surface area contributed by atoms with Crippen LogP contribution in [0.5, 0.6) is 5.75 Å². The molecule has 0 amide bonds. The average molecular weight is 340 g/mol. The first-order chi connectivity index (χ1) is 8.87. The van der Waals surface area contributed by atoms with Crippen LogP contribution in [0.4, 0.5) is 13.2 Å². The fraction of sp³-hybridized carbons (Fsp3) is 0.538. The summed E-state index contributed by atoms with van der Waals surface area (Å²) in [6.45, 7) is 2.32. The summed E-state index contributed by atoms with van der Waals surface area (Å²) in [5.74, 6) is 0.618. The molecule has 0 bridgehead atoms. The van der Waals surface area contributed by atoms with Gasteiger partial charge in [-0.3, -0.25) is 0 Å². The van der Waals surface area contributed by atoms with Crippen LogP contribution in [0.2, 0.25) is 0 Å². The first-order valence-corrected chi connectivity index (χ1v) is 6.83. The van der Waals surface area contributed by atoms with Crippen molar-refractivity contribution in [2.45, 2.75) is 32.0 Å². The van der Waals surface area contributed by atoms with Crippen molar-refractivity contribution in [1.82, 2.24) is 5.32 Å². The van der Waals surface area contributed by atoms with Gasteiger partial charge in [-0.15, -0.1) is 0 Å². The van der Waals surface area contributed by atoms with Gasteiger partial charge in [-0.1, -0.05) is 15.9 Å². The van der Waals surface area contributed by atoms with Crippen molar-refractivity contribution in [3.8, 4) is 5.75 Å². The molecule has 0 aromatic heterocycles. The number of hydrogen-bond acceptors (Lipinski definition) is 2. The second-order valence-corrected chi connectivity index (χ2v) is 5.03. The zero-order chi connectivity index (χ0) is 14.5. The molecule has 0 aliphatic carbocycles. The topological polar surface area (TPSA) is 21.3 Å². The molecule has 0 saturated heterocycles. The number of hydrogen-bond donors (Lipinski definition) is 1. The van der Waals surface area contributed by atoms with Gasteiger partial charge in [0.1, 0.15) is 5.75 Å². The number of nitrogens with one attached hydrogen (secondary N) is 1. The van der Waals surface area contributed by atoms with Crippen LogP contribution in [0.3, 0.4) is 0 Å². The minimum atomic E-state index is -4.15. The van der Waals surface area contributed by atoms with E-state index >= 15 is 0 Å². The fourth-order valence-corrected chi connectivity index (χ4v) is 2.22. The molecule has 1 unspecified atom stereocenters. The highest BCUT2D eigenvalue weighted by atomic mass is 79.9. The smallest absolute Gasteiger partial charge is 0.389 e. The lowest BCUT2D eigenvalue weighted by Crippen LogP contribution is -2.20. The Bertz CT molecular complexity index is 409. The van der Waals surface area contributed by atoms with E-state index in [9.17, 15) is 13.2 Å². The predicted octanol–water partition coefficient (Wildman–Crippen LogP) is 4.45. The van der Waals surface area contributed by atoms with E-state index in [-0.39, 0.29) is 12.5 Å². The van der Waals surface area contributed by atoms with Crippen LogP contribution in [0, 0.1) is 0 Å². The van der Waals surface area contributed by atoms with Crippen molar-refractivity contribution in [1.29, 1.82) is 0 Å². The van der Waals surface area contributed by atoms with Crippen LogP contribution in [0.25, 0.3) is 0 Å². The first kappa shape index (κ1) is 16.3. The van der Waals surface area contributed by atoms with Gasteiger partial charge in [0.2, 0.25) is 0 Å². The van der Waals surface area contributed by atoms with Crippen molar-refractivity contribution in [2.24, 2.45) is 0 Å². The van der Waals surface area contributed by atoms with Gasteiger partial charge >= 0.3 is 6.18 Å². The number of halogens is 4. The van der Waals surface area contributed by atoms with E-state index in [2.05, 4.69) is 21.2 Å². The van der Waals surface area contributed by atoms with E-state index < -0.39 is 12.6 Å². The normalized spacial score (nSPS) is 13.4. The average Bonchev–Trinajstić information content (AvgIpc) is 2.32. The number of ether oxygens (including phenoxy) is 1. The standard InChI is InChI=1S/C13H17BrF3NO/c1-3-19-12-5-4-9(14)8-10(12)11(18-2)6-7-13(15,16)17/h4-5,8,11,18H,3,6-7H2,1-2H3. The number of benzene rings is 1. The Balaban J connectivity index is 2.92. The summed E-state index contributed by atoms with van der Waals surface area (Å²) < 4.78 is 43.3. The summed E-state index contributed by atoms with van der Waals surface area (Å²) in [6.07, 6.45) is -4.99. The molecular weight excluding hydrogens is 323 g/mol. The van der Waals surface area contributed by atoms with E-state index in [4.69, 9.17) is 4.74 Å². The Labute approximate surface area is 119 Å². The molecule has 0 radical (unpaired) electrons. The third kappa shape index (κ3) is 5.40. The summed E-state index contributed by atoms with van der Waals surface area (Å²) in [7, 11) is 1.65. The van der Waals surface area contributed by atoms with E-state index in [1.807, 2.05) is 13.0 Å². The van der Waals surface area contributed by atoms with Gasteiger partial charge in [-0.2, -0.15) is 13.2 Å². The number of rotatable bonds is 6. The van der Waals surface area contributed by atoms with Crippen molar-refractivity contribution in [3.05, 3.63) is 28.2 Å². The maximum absolute atomic E-state index is 12.3. The van der Waals surface area contributed by atoms with E-state index in [1.54, 1.807) is 19.2 Å². The highest BCUT2D eigenvalue weighted by Crippen LogP contribution is 2.33. The monoisotopic (exact) mass is 339 g/mol. The molecule has 1 aromatic carbocycles. The van der Waals surface area contributed by atoms with Crippen LogP contribution < -0.4 is 10.1 Å². The molecule has 1 aromatic rings. The minimum Gasteiger partial charge on any atom is -0.494 e. The lowest BCUT2D eigenvalue weighted by atomic mass is 10.0. The van der Waals surface area contributed by atoms with Crippen LogP contribution >= 0.6 is 15.9 Å². The zero-order valence-corrected chi connectivity index (χ0v) is 12.4. The summed E-state index contributed by atoms with van der Waals surface area (Å²) in [4.78, 5) is 0. The van der Waals surface area contributed by atoms with Crippen molar-refractivity contribution in [3.63, 3.8) is 0 Å². The quantitative estimate of drug-likeness (QED) is 0.826. The molecule has 6 heteroatoms. The minimum absolute atomic E-state index is 0.0173. The molecule has 108 valence electrons. The third-order valence-electron chi connectivity index (χ3n) is 2.71. The van der Waals surface area contributed by atoms with Gasteiger partial charge in [-0.05, 0) is 38.6 Å². The van der Waals surface area contributed by atoms with Gasteiger partial charge < -0.3 is 10.1 Å². The third-order valence-corrected chi connectivity index (χ3v) is 3.21. The zero-order valence-electron chi connectivity index (χ0n) is 10.9. The molecule has 0 heterocycles. The first-order valence-electron chi connectivity index (χ1n) is 6.03. The van der Waals surface area contributed by atoms with Gasteiger partial charge in [0.25, 0.3) is 0 Å². The maximum atomic E-state index is 12.3. The molecule has 0 saturated carbocycles. The Morgan fingerprint density at radius 1 is 1.37 bits per heavy atom. The molecule has 1 N–H and O–H groups in total. The van der Waals surface area contributed by atoms with Gasteiger partial charge in [0.15, 0.2) is 0 Å². The molecule has 0 aliphatic rings. The Morgan fingerprint density at radius 2 is 2.05 bits per heavy atom. The Hall–Kier alpha value is -0.750. The molecule has 19 heavy (non-hydrogen) atoms. The van der Waals surface area contributed by atoms with Crippen molar-refractivity contribution >= 4 is 15.9 Å². The van der Waals surface area contributed by atoms with Crippen LogP contribution in [0.15, 0.2) is 22.7 Å². The van der Waals surface area contributed by atoms with E-state index in [0.29, 0.717) is 12.4 Å². The van der Waals surface area contributed by atoms with E-state index in [0.717, 1.165) is 10.0 Å². The largest absolute Gasteiger partial charge is 0.494 e. The second-order valence-electron chi connectivity index (χ2n) is 4.11. The van der Waals surface area contributed by atoms with Gasteiger partial charge in [0.05, 0.1) is 6.61 Å². The Kier molecular flexibility index (Phi) is 6.13. The predicted molar refractivity (Wildman–Crippen MR) is 72.4 cm³/mol. The van der Waals surface area contributed by atoms with Crippen LogP contribution in [-0.4, -0.2) is 19.8 Å². The fourth-order valence-electron chi connectivity index (χ4n) is 1.84. The summed E-state index contributed by atoms with van der Waals surface area (Å²) in [5.41, 5.74) is 0.739. The van der Waals surface area contributed by atoms with E-state index in [1.165, 1.54) is 0 Å². The SMILES string of the molecule is CCOc1ccc(Br)cc1C(CCC(F)(F)F)NC. The maximum Gasteiger partial charge on any atom is 0.389 e. The number of alkyl halides is 3. The second kappa shape index (κ2) is 7.14. The highest BCUT2D eigenvalue weighted by Gasteiger charge is 2.29. The molecule has 0 fully saturated rings. The molecule has 1 rings (SSSR count). The highest BCUT2D eigenvalue weighted by molar-refractivity contribution is 9.10. The lowest BCUT2D eigenvalue weighted by Gasteiger charge is -2.21. The molecule has 0 spiro atoms. The summed E-state index contributed by atoms with van der Waals surface area (Å²) in [5, 5.41) is 2.92. The lowest BCUT2D eigenvalue weighted by molar-refractivity contribution is -0.136. The Morgan fingerprint density at radius 3 is 2.58 bits per heavy atom. The molecule has 2 nitrogen and oxygen atoms in total. The van der Waals surface area contributed by atoms with Crippen molar-refractivity contribution < 1.29 is 17.9 Å². The van der Waals surface area contributed by atoms with Crippen LogP contribution in [0.1, 0.15) is 31.4 Å². The van der Waals surface area contributed by atoms with Crippen molar-refractivity contribution in [2.75, 3.05) is 13.7 Å². The summed E-state index contributed by atoms with van der Waals surface area (Å²) >= 11 is 3.33. The molecular formula is C13H17BrF3NO. The van der Waals surface area contributed by atoms with Crippen LogP contribution in [-0.2, 0) is 0 Å². The molecule has 0 aliphatic heterocycles. The van der Waals surface area contributed by atoms with Gasteiger partial charge in [0, 0.05) is 22.5 Å². The van der Waals surface area contributed by atoms with Gasteiger partial charge in [-0.25, -0.2) is 0 Å². The molecule has 1 atom stereocenters.